The summed E-state index contributed by atoms with van der Waals surface area (Å²) in [7, 11) is 4.66. The molecule has 0 aliphatic rings. The van der Waals surface area contributed by atoms with Crippen LogP contribution in [0.25, 0.3) is 22.3 Å². The summed E-state index contributed by atoms with van der Waals surface area (Å²) < 4.78 is 13.9. The minimum Gasteiger partial charge on any atom is -0.497 e. The molecule has 12 heteroatoms. The molecule has 0 unspecified atom stereocenters. The van der Waals surface area contributed by atoms with Crippen LogP contribution < -0.4 is 21.3 Å². The number of carbonyl (C=O) groups is 2. The van der Waals surface area contributed by atoms with Gasteiger partial charge in [0.05, 0.1) is 20.0 Å². The Morgan fingerprint density at radius 1 is 1.14 bits per heavy atom. The van der Waals surface area contributed by atoms with Crippen molar-refractivity contribution in [3.63, 3.8) is 0 Å². The van der Waals surface area contributed by atoms with Gasteiger partial charge in [-0.05, 0) is 24.6 Å². The third kappa shape index (κ3) is 4.35. The summed E-state index contributed by atoms with van der Waals surface area (Å²) in [5.74, 6) is -0.578. The van der Waals surface area contributed by atoms with Crippen LogP contribution in [0.2, 0.25) is 0 Å². The lowest BCUT2D eigenvalue weighted by molar-refractivity contribution is -0.116. The molecule has 182 valence electrons. The van der Waals surface area contributed by atoms with Crippen LogP contribution in [0.1, 0.15) is 17.3 Å². The van der Waals surface area contributed by atoms with Crippen LogP contribution >= 0.6 is 11.3 Å². The maximum absolute atomic E-state index is 12.9. The highest BCUT2D eigenvalue weighted by atomic mass is 32.1. The van der Waals surface area contributed by atoms with Crippen molar-refractivity contribution in [3.05, 3.63) is 62.4 Å². The number of hydrogen-bond acceptors (Lipinski definition) is 8. The van der Waals surface area contributed by atoms with E-state index in [0.29, 0.717) is 11.3 Å². The molecule has 3 heterocycles. The van der Waals surface area contributed by atoms with Crippen molar-refractivity contribution < 1.29 is 19.1 Å². The molecule has 0 bridgehead atoms. The van der Waals surface area contributed by atoms with Crippen molar-refractivity contribution in [2.45, 2.75) is 13.5 Å². The predicted octanol–water partition coefficient (Wildman–Crippen LogP) is 1.99. The van der Waals surface area contributed by atoms with Crippen LogP contribution in [0.5, 0.6) is 5.75 Å². The average Bonchev–Trinajstić information content (AvgIpc) is 3.44. The van der Waals surface area contributed by atoms with Gasteiger partial charge in [-0.15, -0.1) is 11.3 Å². The number of hydrogen-bond donors (Lipinski definition) is 1. The fraction of sp³-hybridized carbons (Fsp3) is 0.261. The van der Waals surface area contributed by atoms with E-state index in [4.69, 9.17) is 9.47 Å². The summed E-state index contributed by atoms with van der Waals surface area (Å²) in [5.41, 5.74) is 0.628. The van der Waals surface area contributed by atoms with E-state index in [9.17, 15) is 19.2 Å². The van der Waals surface area contributed by atoms with Gasteiger partial charge >= 0.3 is 11.7 Å². The lowest BCUT2D eigenvalue weighted by Crippen LogP contribution is -2.42. The van der Waals surface area contributed by atoms with E-state index in [1.165, 1.54) is 22.5 Å². The van der Waals surface area contributed by atoms with E-state index >= 15 is 0 Å². The van der Waals surface area contributed by atoms with E-state index in [2.05, 4.69) is 10.3 Å². The maximum atomic E-state index is 12.9. The van der Waals surface area contributed by atoms with E-state index in [1.54, 1.807) is 50.7 Å². The number of carbonyl (C=O) groups excluding carboxylic acids is 2. The largest absolute Gasteiger partial charge is 0.497 e. The van der Waals surface area contributed by atoms with Crippen LogP contribution in [0.4, 0.5) is 5.00 Å². The molecular formula is C23H23N5O6S. The first kappa shape index (κ1) is 24.0. The van der Waals surface area contributed by atoms with E-state index in [0.717, 1.165) is 21.5 Å². The minimum atomic E-state index is -0.674. The number of aryl methyl sites for hydroxylation is 2. The lowest BCUT2D eigenvalue weighted by atomic mass is 10.0. The standard InChI is InChI=1S/C23H23N5O6S/c1-5-34-22(31)17-15(13-6-8-14(33-4)9-7-13)11-35-20(17)25-16(29)10-28-21(30)18-19(24-12-26(18)2)27(3)23(28)32/h6-9,11-12H,5,10H2,1-4H3,(H,25,29). The van der Waals surface area contributed by atoms with Gasteiger partial charge in [0, 0.05) is 25.0 Å². The van der Waals surface area contributed by atoms with Crippen LogP contribution in [-0.4, -0.2) is 44.3 Å². The number of esters is 1. The summed E-state index contributed by atoms with van der Waals surface area (Å²) in [6.07, 6.45) is 1.42. The number of thiophene rings is 1. The quantitative estimate of drug-likeness (QED) is 0.387. The lowest BCUT2D eigenvalue weighted by Gasteiger charge is -2.11. The number of nitrogens with zero attached hydrogens (tertiary/aromatic N) is 4. The number of imidazole rings is 1. The molecule has 0 saturated heterocycles. The second-order valence-electron chi connectivity index (χ2n) is 7.61. The molecule has 11 nitrogen and oxygen atoms in total. The number of anilines is 1. The van der Waals surface area contributed by atoms with Crippen LogP contribution in [0.15, 0.2) is 45.6 Å². The predicted molar refractivity (Wildman–Crippen MR) is 131 cm³/mol. The first-order valence-corrected chi connectivity index (χ1v) is 11.5. The Labute approximate surface area is 203 Å². The number of ether oxygens (including phenoxy) is 2. The number of amides is 1. The molecule has 4 aromatic rings. The Kier molecular flexibility index (Phi) is 6.56. The topological polar surface area (TPSA) is 126 Å². The second kappa shape index (κ2) is 9.58. The van der Waals surface area contributed by atoms with Gasteiger partial charge in [-0.3, -0.25) is 14.2 Å². The monoisotopic (exact) mass is 497 g/mol. The fourth-order valence-electron chi connectivity index (χ4n) is 3.68. The molecule has 1 aromatic carbocycles. The van der Waals surface area contributed by atoms with Gasteiger partial charge in [0.15, 0.2) is 11.2 Å². The molecule has 0 saturated carbocycles. The van der Waals surface area contributed by atoms with Crippen molar-refractivity contribution in [1.29, 1.82) is 0 Å². The fourth-order valence-corrected chi connectivity index (χ4v) is 4.66. The summed E-state index contributed by atoms with van der Waals surface area (Å²) in [5, 5.41) is 4.65. The molecule has 0 spiro atoms. The zero-order valence-electron chi connectivity index (χ0n) is 19.5. The zero-order valence-corrected chi connectivity index (χ0v) is 20.3. The summed E-state index contributed by atoms with van der Waals surface area (Å²) in [4.78, 5) is 55.4. The Bertz CT molecular complexity index is 1540. The van der Waals surface area contributed by atoms with Crippen LogP contribution in [0, 0.1) is 0 Å². The summed E-state index contributed by atoms with van der Waals surface area (Å²) in [6.45, 7) is 1.30. The maximum Gasteiger partial charge on any atom is 0.341 e. The normalized spacial score (nSPS) is 11.0. The van der Waals surface area contributed by atoms with Gasteiger partial charge in [-0.2, -0.15) is 0 Å². The van der Waals surface area contributed by atoms with Crippen LogP contribution in [-0.2, 0) is 30.2 Å². The third-order valence-electron chi connectivity index (χ3n) is 5.43. The Hall–Kier alpha value is -4.19. The Morgan fingerprint density at radius 2 is 1.86 bits per heavy atom. The molecule has 0 aliphatic heterocycles. The molecule has 1 N–H and O–H groups in total. The Morgan fingerprint density at radius 3 is 2.51 bits per heavy atom. The van der Waals surface area contributed by atoms with Crippen molar-refractivity contribution in [2.75, 3.05) is 19.0 Å². The molecule has 3 aromatic heterocycles. The molecule has 0 atom stereocenters. The van der Waals surface area contributed by atoms with Crippen molar-refractivity contribution in [1.82, 2.24) is 18.7 Å². The number of methoxy groups -OCH3 is 1. The number of fused-ring (bicyclic) bond motifs is 1. The van der Waals surface area contributed by atoms with Gasteiger partial charge in [0.2, 0.25) is 5.91 Å². The summed E-state index contributed by atoms with van der Waals surface area (Å²) >= 11 is 1.14. The highest BCUT2D eigenvalue weighted by Gasteiger charge is 2.24. The zero-order chi connectivity index (χ0) is 25.3. The van der Waals surface area contributed by atoms with Crippen molar-refractivity contribution in [2.24, 2.45) is 14.1 Å². The number of benzene rings is 1. The first-order valence-electron chi connectivity index (χ1n) is 10.6. The third-order valence-corrected chi connectivity index (χ3v) is 6.32. The molecule has 35 heavy (non-hydrogen) atoms. The molecule has 1 amide bonds. The number of aromatic nitrogens is 4. The second-order valence-corrected chi connectivity index (χ2v) is 8.49. The van der Waals surface area contributed by atoms with Crippen molar-refractivity contribution in [3.8, 4) is 16.9 Å². The molecular weight excluding hydrogens is 474 g/mol. The van der Waals surface area contributed by atoms with Crippen LogP contribution in [0.3, 0.4) is 0 Å². The molecule has 0 fully saturated rings. The van der Waals surface area contributed by atoms with Gasteiger partial charge in [0.1, 0.15) is 22.9 Å². The van der Waals surface area contributed by atoms with Gasteiger partial charge < -0.3 is 19.4 Å². The van der Waals surface area contributed by atoms with Gasteiger partial charge in [0.25, 0.3) is 5.56 Å². The Balaban J connectivity index is 1.69. The SMILES string of the molecule is CCOC(=O)c1c(-c2ccc(OC)cc2)csc1NC(=O)Cn1c(=O)c2c(ncn2C)n(C)c1=O. The number of nitrogens with one attached hydrogen (secondary N) is 1. The molecule has 0 radical (unpaired) electrons. The highest BCUT2D eigenvalue weighted by molar-refractivity contribution is 7.15. The minimum absolute atomic E-state index is 0.153. The average molecular weight is 498 g/mol. The van der Waals surface area contributed by atoms with Gasteiger partial charge in [-0.1, -0.05) is 12.1 Å². The van der Waals surface area contributed by atoms with E-state index < -0.39 is 29.7 Å². The van der Waals surface area contributed by atoms with E-state index in [1.807, 2.05) is 0 Å². The highest BCUT2D eigenvalue weighted by Crippen LogP contribution is 2.36. The van der Waals surface area contributed by atoms with Crippen molar-refractivity contribution >= 4 is 39.4 Å². The van der Waals surface area contributed by atoms with Gasteiger partial charge in [-0.25, -0.2) is 19.1 Å². The summed E-state index contributed by atoms with van der Waals surface area (Å²) in [6, 6.07) is 7.11. The first-order chi connectivity index (χ1) is 16.8. The van der Waals surface area contributed by atoms with E-state index in [-0.39, 0.29) is 28.3 Å². The smallest absolute Gasteiger partial charge is 0.341 e. The molecule has 0 aliphatic carbocycles. The number of rotatable bonds is 7. The molecule has 4 rings (SSSR count).